The second-order valence-corrected chi connectivity index (χ2v) is 8.36. The highest BCUT2D eigenvalue weighted by molar-refractivity contribution is 5.78. The molecule has 3 saturated heterocycles. The van der Waals surface area contributed by atoms with E-state index in [9.17, 15) is 4.79 Å². The van der Waals surface area contributed by atoms with Gasteiger partial charge in [-0.05, 0) is 12.8 Å². The maximum Gasteiger partial charge on any atom is 0.225 e. The second kappa shape index (κ2) is 6.01. The number of carbonyl (C=O) groups is 1. The fourth-order valence-corrected chi connectivity index (χ4v) is 5.25. The summed E-state index contributed by atoms with van der Waals surface area (Å²) < 4.78 is 5.72. The monoisotopic (exact) mass is 321 g/mol. The van der Waals surface area contributed by atoms with E-state index in [4.69, 9.17) is 4.74 Å². The van der Waals surface area contributed by atoms with Crippen molar-refractivity contribution in [2.45, 2.75) is 57.2 Å². The summed E-state index contributed by atoms with van der Waals surface area (Å²) in [5, 5.41) is 0. The Bertz CT molecular complexity index is 455. The molecule has 23 heavy (non-hydrogen) atoms. The van der Waals surface area contributed by atoms with Crippen molar-refractivity contribution in [3.8, 4) is 0 Å². The Kier molecular flexibility index (Phi) is 4.14. The van der Waals surface area contributed by atoms with Crippen LogP contribution in [0.4, 0.5) is 0 Å². The quantitative estimate of drug-likeness (QED) is 0.765. The molecule has 0 aromatic carbocycles. The maximum absolute atomic E-state index is 12.6. The van der Waals surface area contributed by atoms with Crippen LogP contribution >= 0.6 is 0 Å². The predicted molar refractivity (Wildman–Crippen MR) is 89.3 cm³/mol. The van der Waals surface area contributed by atoms with Crippen molar-refractivity contribution < 1.29 is 9.53 Å². The lowest BCUT2D eigenvalue weighted by Crippen LogP contribution is -2.81. The van der Waals surface area contributed by atoms with Crippen LogP contribution in [-0.2, 0) is 9.53 Å². The molecule has 3 aliphatic heterocycles. The van der Waals surface area contributed by atoms with Gasteiger partial charge in [-0.3, -0.25) is 14.6 Å². The Morgan fingerprint density at radius 3 is 2.57 bits per heavy atom. The number of piperazine rings is 1. The minimum absolute atomic E-state index is 0.0918. The van der Waals surface area contributed by atoms with Gasteiger partial charge >= 0.3 is 0 Å². The van der Waals surface area contributed by atoms with Crippen LogP contribution in [0.3, 0.4) is 0 Å². The molecule has 5 heteroatoms. The largest absolute Gasteiger partial charge is 0.378 e. The molecule has 1 saturated carbocycles. The third kappa shape index (κ3) is 2.71. The summed E-state index contributed by atoms with van der Waals surface area (Å²) in [4.78, 5) is 20.1. The molecule has 0 bridgehead atoms. The van der Waals surface area contributed by atoms with Gasteiger partial charge < -0.3 is 9.64 Å². The highest BCUT2D eigenvalue weighted by atomic mass is 16.5. The average Bonchev–Trinajstić information content (AvgIpc) is 3.04. The van der Waals surface area contributed by atoms with Gasteiger partial charge in [0.15, 0.2) is 0 Å². The summed E-state index contributed by atoms with van der Waals surface area (Å²) in [5.74, 6) is 0.406. The number of rotatable bonds is 2. The zero-order chi connectivity index (χ0) is 16.0. The van der Waals surface area contributed by atoms with Crippen LogP contribution < -0.4 is 0 Å². The van der Waals surface area contributed by atoms with Gasteiger partial charge in [0.1, 0.15) is 0 Å². The minimum atomic E-state index is 0.0918. The smallest absolute Gasteiger partial charge is 0.225 e. The first-order chi connectivity index (χ1) is 11.1. The van der Waals surface area contributed by atoms with Crippen molar-refractivity contribution in [2.75, 3.05) is 45.9 Å². The first-order valence-corrected chi connectivity index (χ1v) is 9.46. The molecule has 4 aliphatic rings. The molecule has 1 amide bonds. The summed E-state index contributed by atoms with van der Waals surface area (Å²) in [6, 6.07) is 1.20. The molecule has 4 rings (SSSR count). The zero-order valence-electron chi connectivity index (χ0n) is 14.7. The molecular weight excluding hydrogens is 290 g/mol. The number of fused-ring (bicyclic) bond motifs is 2. The van der Waals surface area contributed by atoms with Gasteiger partial charge in [-0.15, -0.1) is 0 Å². The summed E-state index contributed by atoms with van der Waals surface area (Å²) >= 11 is 0. The van der Waals surface area contributed by atoms with Gasteiger partial charge in [-0.2, -0.15) is 0 Å². The molecule has 1 spiro atoms. The van der Waals surface area contributed by atoms with E-state index in [1.54, 1.807) is 0 Å². The Hall–Kier alpha value is -0.650. The molecule has 1 unspecified atom stereocenters. The highest BCUT2D eigenvalue weighted by Gasteiger charge is 2.56. The van der Waals surface area contributed by atoms with E-state index in [0.29, 0.717) is 11.9 Å². The lowest BCUT2D eigenvalue weighted by molar-refractivity contribution is -0.181. The van der Waals surface area contributed by atoms with E-state index >= 15 is 0 Å². The van der Waals surface area contributed by atoms with Gasteiger partial charge in [-0.1, -0.05) is 26.7 Å². The first-order valence-electron chi connectivity index (χ1n) is 9.46. The van der Waals surface area contributed by atoms with E-state index in [-0.39, 0.29) is 11.5 Å². The van der Waals surface area contributed by atoms with Crippen LogP contribution in [0.2, 0.25) is 0 Å². The van der Waals surface area contributed by atoms with Crippen LogP contribution in [0.15, 0.2) is 0 Å². The maximum atomic E-state index is 12.6. The van der Waals surface area contributed by atoms with Gasteiger partial charge in [0.2, 0.25) is 5.91 Å². The molecule has 0 N–H and O–H groups in total. The van der Waals surface area contributed by atoms with E-state index < -0.39 is 0 Å². The number of hydrogen-bond donors (Lipinski definition) is 0. The van der Waals surface area contributed by atoms with E-state index in [2.05, 4.69) is 14.7 Å². The van der Waals surface area contributed by atoms with Crippen LogP contribution in [-0.4, -0.2) is 84.2 Å². The molecule has 0 radical (unpaired) electrons. The van der Waals surface area contributed by atoms with Crippen LogP contribution in [0.1, 0.15) is 39.5 Å². The highest BCUT2D eigenvalue weighted by Crippen LogP contribution is 2.39. The van der Waals surface area contributed by atoms with Gasteiger partial charge in [-0.25, -0.2) is 0 Å². The number of morpholine rings is 1. The minimum Gasteiger partial charge on any atom is -0.378 e. The summed E-state index contributed by atoms with van der Waals surface area (Å²) in [6.07, 6.45) is 5.53. The average molecular weight is 321 g/mol. The van der Waals surface area contributed by atoms with Crippen molar-refractivity contribution in [3.63, 3.8) is 0 Å². The summed E-state index contributed by atoms with van der Waals surface area (Å²) in [7, 11) is 0. The lowest BCUT2D eigenvalue weighted by Gasteiger charge is -2.64. The number of carbonyl (C=O) groups excluding carboxylic acids is 1. The molecule has 5 nitrogen and oxygen atoms in total. The van der Waals surface area contributed by atoms with Crippen LogP contribution in [0.25, 0.3) is 0 Å². The molecular formula is C18H31N3O2. The molecule has 3 heterocycles. The molecule has 1 aliphatic carbocycles. The van der Waals surface area contributed by atoms with Crippen LogP contribution in [0.5, 0.6) is 0 Å². The SMILES string of the molecule is CC(C)C(=O)N1CC2COCCN2C2(C1)CN(C1CCCC1)C2. The third-order valence-corrected chi connectivity index (χ3v) is 6.39. The van der Waals surface area contributed by atoms with Crippen LogP contribution in [0, 0.1) is 5.92 Å². The predicted octanol–water partition coefficient (Wildman–Crippen LogP) is 1.18. The second-order valence-electron chi connectivity index (χ2n) is 8.36. The Balaban J connectivity index is 1.50. The topological polar surface area (TPSA) is 36.0 Å². The van der Waals surface area contributed by atoms with Crippen molar-refractivity contribution >= 4 is 5.91 Å². The molecule has 130 valence electrons. The molecule has 0 aromatic heterocycles. The van der Waals surface area contributed by atoms with Crippen molar-refractivity contribution in [1.29, 1.82) is 0 Å². The standard InChI is InChI=1S/C18H31N3O2/c1-14(2)17(22)19-9-16-10-23-8-7-21(16)18(11-19)12-20(13-18)15-5-3-4-6-15/h14-16H,3-13H2,1-2H3. The van der Waals surface area contributed by atoms with Crippen molar-refractivity contribution in [3.05, 3.63) is 0 Å². The van der Waals surface area contributed by atoms with E-state index in [1.165, 1.54) is 25.7 Å². The first kappa shape index (κ1) is 15.9. The summed E-state index contributed by atoms with van der Waals surface area (Å²) in [6.45, 7) is 10.8. The Labute approximate surface area is 139 Å². The number of amides is 1. The van der Waals surface area contributed by atoms with Crippen molar-refractivity contribution in [1.82, 2.24) is 14.7 Å². The van der Waals surface area contributed by atoms with Gasteiger partial charge in [0, 0.05) is 44.7 Å². The van der Waals surface area contributed by atoms with Crippen molar-refractivity contribution in [2.24, 2.45) is 5.92 Å². The molecule has 4 fully saturated rings. The fraction of sp³-hybridized carbons (Fsp3) is 0.944. The van der Waals surface area contributed by atoms with E-state index in [1.807, 2.05) is 13.8 Å². The lowest BCUT2D eigenvalue weighted by atomic mass is 9.81. The number of nitrogens with zero attached hydrogens (tertiary/aromatic N) is 3. The molecule has 0 aromatic rings. The number of hydrogen-bond acceptors (Lipinski definition) is 4. The Morgan fingerprint density at radius 1 is 1.13 bits per heavy atom. The third-order valence-electron chi connectivity index (χ3n) is 6.39. The van der Waals surface area contributed by atoms with E-state index in [0.717, 1.165) is 52.0 Å². The summed E-state index contributed by atoms with van der Waals surface area (Å²) in [5.41, 5.74) is 0.194. The number of ether oxygens (including phenoxy) is 1. The zero-order valence-corrected chi connectivity index (χ0v) is 14.7. The normalized spacial score (nSPS) is 32.3. The van der Waals surface area contributed by atoms with Gasteiger partial charge in [0.25, 0.3) is 0 Å². The van der Waals surface area contributed by atoms with Gasteiger partial charge in [0.05, 0.1) is 24.8 Å². The fourth-order valence-electron chi connectivity index (χ4n) is 5.25. The molecule has 1 atom stereocenters. The number of likely N-dealkylation sites (tertiary alicyclic amines) is 1. The Morgan fingerprint density at radius 2 is 1.87 bits per heavy atom.